The largest absolute Gasteiger partial charge is 0.426 e. The third-order valence-corrected chi connectivity index (χ3v) is 3.56. The maximum absolute atomic E-state index is 11.4. The summed E-state index contributed by atoms with van der Waals surface area (Å²) in [6.45, 7) is 0. The molecule has 0 radical (unpaired) electrons. The Morgan fingerprint density at radius 1 is 0.941 bits per heavy atom. The van der Waals surface area contributed by atoms with E-state index in [0.29, 0.717) is 6.42 Å². The molecule has 0 aromatic heterocycles. The molecular weight excluding hydrogens is 212 g/mol. The fourth-order valence-electron chi connectivity index (χ4n) is 2.81. The Morgan fingerprint density at radius 3 is 2.47 bits per heavy atom. The molecule has 0 amide bonds. The van der Waals surface area contributed by atoms with Crippen molar-refractivity contribution in [1.82, 2.24) is 0 Å². The van der Waals surface area contributed by atoms with Crippen molar-refractivity contribution >= 4 is 30.3 Å². The smallest absolute Gasteiger partial charge is 0.311 e. The molecule has 1 aliphatic heterocycles. The van der Waals surface area contributed by atoms with Crippen LogP contribution in [-0.4, -0.2) is 5.97 Å². The van der Waals surface area contributed by atoms with E-state index in [1.807, 2.05) is 12.2 Å². The van der Waals surface area contributed by atoms with Crippen LogP contribution in [0.5, 0.6) is 5.75 Å². The number of carbonyl (C=O) groups excluding carboxylic acids is 1. The van der Waals surface area contributed by atoms with Crippen LogP contribution in [0.4, 0.5) is 0 Å². The van der Waals surface area contributed by atoms with Gasteiger partial charge in [-0.05, 0) is 22.8 Å². The van der Waals surface area contributed by atoms with Gasteiger partial charge in [0.15, 0.2) is 0 Å². The summed E-state index contributed by atoms with van der Waals surface area (Å²) in [6, 6.07) is 0. The van der Waals surface area contributed by atoms with Gasteiger partial charge in [-0.2, -0.15) is 0 Å². The number of esters is 1. The molecule has 2 aliphatic carbocycles. The zero-order valence-electron chi connectivity index (χ0n) is 9.19. The van der Waals surface area contributed by atoms with Crippen LogP contribution in [0, 0.1) is 0 Å². The van der Waals surface area contributed by atoms with Crippen LogP contribution < -0.4 is 15.2 Å². The highest BCUT2D eigenvalue weighted by Gasteiger charge is 2.24. The standard InChI is InChI=1S/C15H10O2/c16-14-8-7-13-11-4-1-3-9(11)10-5-2-6-12(10)15(13)17-14/h1-6H,7-8H2. The van der Waals surface area contributed by atoms with Crippen molar-refractivity contribution in [1.29, 1.82) is 0 Å². The van der Waals surface area contributed by atoms with Gasteiger partial charge in [0.1, 0.15) is 5.75 Å². The Balaban J connectivity index is 2.18. The quantitative estimate of drug-likeness (QED) is 0.486. The lowest BCUT2D eigenvalue weighted by atomic mass is 9.95. The number of fused-ring (bicyclic) bond motifs is 6. The van der Waals surface area contributed by atoms with E-state index in [2.05, 4.69) is 24.3 Å². The van der Waals surface area contributed by atoms with Crippen molar-refractivity contribution < 1.29 is 9.53 Å². The van der Waals surface area contributed by atoms with Crippen LogP contribution in [0.2, 0.25) is 0 Å². The van der Waals surface area contributed by atoms with Crippen molar-refractivity contribution in [2.75, 3.05) is 0 Å². The van der Waals surface area contributed by atoms with Gasteiger partial charge in [-0.25, -0.2) is 0 Å². The molecule has 0 atom stereocenters. The Kier molecular flexibility index (Phi) is 1.57. The minimum Gasteiger partial charge on any atom is -0.426 e. The van der Waals surface area contributed by atoms with Gasteiger partial charge >= 0.3 is 5.97 Å². The Morgan fingerprint density at radius 2 is 1.65 bits per heavy atom. The van der Waals surface area contributed by atoms with Gasteiger partial charge < -0.3 is 4.74 Å². The second kappa shape index (κ2) is 2.98. The van der Waals surface area contributed by atoms with Crippen LogP contribution in [0.3, 0.4) is 0 Å². The molecule has 0 spiro atoms. The summed E-state index contributed by atoms with van der Waals surface area (Å²) < 4.78 is 5.44. The summed E-state index contributed by atoms with van der Waals surface area (Å²) in [4.78, 5) is 11.4. The highest BCUT2D eigenvalue weighted by atomic mass is 16.5. The molecule has 2 heteroatoms. The fourth-order valence-corrected chi connectivity index (χ4v) is 2.81. The first-order valence-electron chi connectivity index (χ1n) is 5.81. The number of rotatable bonds is 0. The second-order valence-corrected chi connectivity index (χ2v) is 4.49. The van der Waals surface area contributed by atoms with Gasteiger partial charge in [-0.3, -0.25) is 4.79 Å². The molecular formula is C15H10O2. The molecule has 1 aromatic carbocycles. The molecule has 0 saturated carbocycles. The van der Waals surface area contributed by atoms with E-state index in [1.165, 1.54) is 21.9 Å². The Bertz CT molecular complexity index is 733. The minimum absolute atomic E-state index is 0.120. The normalized spacial score (nSPS) is 18.0. The highest BCUT2D eigenvalue weighted by Crippen LogP contribution is 2.25. The predicted octanol–water partition coefficient (Wildman–Crippen LogP) is 1.15. The van der Waals surface area contributed by atoms with E-state index >= 15 is 0 Å². The number of carbonyl (C=O) groups is 1. The topological polar surface area (TPSA) is 26.3 Å². The van der Waals surface area contributed by atoms with Crippen LogP contribution in [0.25, 0.3) is 24.3 Å². The summed E-state index contributed by atoms with van der Waals surface area (Å²) >= 11 is 0. The fraction of sp³-hybridized carbons (Fsp3) is 0.133. The van der Waals surface area contributed by atoms with Gasteiger partial charge in [0.2, 0.25) is 0 Å². The first kappa shape index (κ1) is 8.99. The first-order valence-corrected chi connectivity index (χ1v) is 5.81. The lowest BCUT2D eigenvalue weighted by Crippen LogP contribution is -2.30. The van der Waals surface area contributed by atoms with E-state index in [0.717, 1.165) is 17.4 Å². The summed E-state index contributed by atoms with van der Waals surface area (Å²) in [6.07, 6.45) is 13.7. The van der Waals surface area contributed by atoms with Crippen LogP contribution in [0.15, 0.2) is 12.2 Å². The number of benzene rings is 1. The summed E-state index contributed by atoms with van der Waals surface area (Å²) in [7, 11) is 0. The number of ether oxygens (including phenoxy) is 1. The SMILES string of the molecule is O=C1CCc2c(c3c(c4c2=CC=C4)C=CC=3)O1. The zero-order valence-corrected chi connectivity index (χ0v) is 9.19. The number of allylic oxidation sites excluding steroid dienone is 2. The van der Waals surface area contributed by atoms with Crippen molar-refractivity contribution in [3.8, 4) is 5.75 Å². The Labute approximate surface area is 98.2 Å². The molecule has 1 aromatic rings. The molecule has 1 heterocycles. The summed E-state index contributed by atoms with van der Waals surface area (Å²) in [5, 5.41) is 2.29. The molecule has 82 valence electrons. The molecule has 0 fully saturated rings. The zero-order chi connectivity index (χ0) is 11.4. The monoisotopic (exact) mass is 222 g/mol. The highest BCUT2D eigenvalue weighted by molar-refractivity contribution is 5.85. The van der Waals surface area contributed by atoms with Crippen LogP contribution in [-0.2, 0) is 11.2 Å². The summed E-state index contributed by atoms with van der Waals surface area (Å²) in [5.74, 6) is 0.658. The summed E-state index contributed by atoms with van der Waals surface area (Å²) in [5.41, 5.74) is 3.63. The molecule has 0 N–H and O–H groups in total. The first-order chi connectivity index (χ1) is 8.34. The Hall–Kier alpha value is -2.09. The molecule has 4 rings (SSSR count). The maximum Gasteiger partial charge on any atom is 0.311 e. The average molecular weight is 222 g/mol. The number of hydrogen-bond donors (Lipinski definition) is 0. The van der Waals surface area contributed by atoms with Crippen molar-refractivity contribution in [3.63, 3.8) is 0 Å². The van der Waals surface area contributed by atoms with Gasteiger partial charge in [-0.15, -0.1) is 0 Å². The van der Waals surface area contributed by atoms with E-state index in [4.69, 9.17) is 4.74 Å². The van der Waals surface area contributed by atoms with E-state index in [9.17, 15) is 4.79 Å². The van der Waals surface area contributed by atoms with E-state index in [-0.39, 0.29) is 5.97 Å². The number of hydrogen-bond acceptors (Lipinski definition) is 2. The predicted molar refractivity (Wildman–Crippen MR) is 66.6 cm³/mol. The maximum atomic E-state index is 11.4. The lowest BCUT2D eigenvalue weighted by molar-refractivity contribution is -0.135. The van der Waals surface area contributed by atoms with Gasteiger partial charge in [-0.1, -0.05) is 36.5 Å². The second-order valence-electron chi connectivity index (χ2n) is 4.49. The van der Waals surface area contributed by atoms with Crippen molar-refractivity contribution in [2.24, 2.45) is 0 Å². The van der Waals surface area contributed by atoms with E-state index in [1.54, 1.807) is 0 Å². The third kappa shape index (κ3) is 1.07. The molecule has 0 unspecified atom stereocenters. The van der Waals surface area contributed by atoms with Crippen LogP contribution in [0.1, 0.15) is 23.1 Å². The van der Waals surface area contributed by atoms with Gasteiger partial charge in [0.25, 0.3) is 0 Å². The third-order valence-electron chi connectivity index (χ3n) is 3.56. The molecule has 17 heavy (non-hydrogen) atoms. The molecule has 2 nitrogen and oxygen atoms in total. The van der Waals surface area contributed by atoms with Crippen molar-refractivity contribution in [3.05, 3.63) is 39.3 Å². The molecule has 0 bridgehead atoms. The average Bonchev–Trinajstić information content (AvgIpc) is 2.97. The lowest BCUT2D eigenvalue weighted by Gasteiger charge is -2.18. The molecule has 0 saturated heterocycles. The van der Waals surface area contributed by atoms with Gasteiger partial charge in [0.05, 0.1) is 6.42 Å². The minimum atomic E-state index is -0.120. The molecule has 3 aliphatic rings. The van der Waals surface area contributed by atoms with Crippen LogP contribution >= 0.6 is 0 Å². The van der Waals surface area contributed by atoms with E-state index < -0.39 is 0 Å². The van der Waals surface area contributed by atoms with Crippen molar-refractivity contribution in [2.45, 2.75) is 12.8 Å². The van der Waals surface area contributed by atoms with Gasteiger partial charge in [0, 0.05) is 10.8 Å².